The van der Waals surface area contributed by atoms with Crippen LogP contribution in [0.5, 0.6) is 0 Å². The van der Waals surface area contributed by atoms with Gasteiger partial charge in [-0.3, -0.25) is 0 Å². The minimum atomic E-state index is -4.44. The highest BCUT2D eigenvalue weighted by molar-refractivity contribution is 14.0. The highest BCUT2D eigenvalue weighted by Gasteiger charge is 2.33. The van der Waals surface area contributed by atoms with E-state index < -0.39 is 18.0 Å². The van der Waals surface area contributed by atoms with Crippen LogP contribution in [0.25, 0.3) is 0 Å². The fourth-order valence-corrected chi connectivity index (χ4v) is 2.90. The van der Waals surface area contributed by atoms with Crippen LogP contribution in [0.1, 0.15) is 35.7 Å². The van der Waals surface area contributed by atoms with Crippen molar-refractivity contribution in [2.24, 2.45) is 4.99 Å². The van der Waals surface area contributed by atoms with Crippen molar-refractivity contribution in [3.05, 3.63) is 52.0 Å². The largest absolute Gasteiger partial charge is 0.434 e. The van der Waals surface area contributed by atoms with Gasteiger partial charge in [0.05, 0.1) is 12.6 Å². The van der Waals surface area contributed by atoms with E-state index in [9.17, 15) is 18.3 Å². The highest BCUT2D eigenvalue weighted by atomic mass is 127. The second-order valence-corrected chi connectivity index (χ2v) is 6.40. The first-order valence-electron chi connectivity index (χ1n) is 8.17. The van der Waals surface area contributed by atoms with Crippen LogP contribution in [0.2, 0.25) is 0 Å². The lowest BCUT2D eigenvalue weighted by molar-refractivity contribution is -0.140. The topological polar surface area (TPSA) is 69.5 Å². The maximum atomic E-state index is 12.6. The number of aliphatic hydroxyl groups is 1. The van der Waals surface area contributed by atoms with Crippen molar-refractivity contribution in [1.29, 1.82) is 0 Å². The van der Waals surface area contributed by atoms with Crippen molar-refractivity contribution >= 4 is 41.3 Å². The number of guanidine groups is 1. The molecule has 0 aliphatic rings. The Kier molecular flexibility index (Phi) is 10.0. The normalized spacial score (nSPS) is 13.0. The minimum absolute atomic E-state index is 0. The number of aliphatic imine (C=N–C) groups is 1. The van der Waals surface area contributed by atoms with Crippen molar-refractivity contribution in [3.8, 4) is 0 Å². The standard InChI is InChI=1S/C17H21F3N4OS.HI/c1-2-21-16(22-9-8-13(25)12-6-4-3-5-7-12)23-10-15-24-14(11-26-15)17(18,19)20;/h3-7,11,13,25H,2,8-10H2,1H3,(H2,21,22,23);1H. The zero-order valence-electron chi connectivity index (χ0n) is 14.7. The molecule has 0 spiro atoms. The lowest BCUT2D eigenvalue weighted by atomic mass is 10.1. The monoisotopic (exact) mass is 514 g/mol. The van der Waals surface area contributed by atoms with E-state index in [1.807, 2.05) is 37.3 Å². The average Bonchev–Trinajstić information content (AvgIpc) is 3.10. The molecule has 2 aromatic rings. The van der Waals surface area contributed by atoms with Crippen LogP contribution in [-0.2, 0) is 12.7 Å². The molecule has 1 aromatic heterocycles. The number of aromatic nitrogens is 1. The highest BCUT2D eigenvalue weighted by Crippen LogP contribution is 2.30. The summed E-state index contributed by atoms with van der Waals surface area (Å²) >= 11 is 0.929. The minimum Gasteiger partial charge on any atom is -0.388 e. The summed E-state index contributed by atoms with van der Waals surface area (Å²) in [6.45, 7) is 3.02. The number of thiazole rings is 1. The molecule has 0 amide bonds. The van der Waals surface area contributed by atoms with Gasteiger partial charge in [0.2, 0.25) is 0 Å². The third kappa shape index (κ3) is 8.01. The second-order valence-electron chi connectivity index (χ2n) is 5.46. The third-order valence-electron chi connectivity index (χ3n) is 3.45. The molecule has 5 nitrogen and oxygen atoms in total. The number of aliphatic hydroxyl groups excluding tert-OH is 1. The Hall–Kier alpha value is -1.40. The predicted molar refractivity (Wildman–Crippen MR) is 111 cm³/mol. The van der Waals surface area contributed by atoms with E-state index in [1.54, 1.807) is 0 Å². The van der Waals surface area contributed by atoms with Crippen LogP contribution in [0.4, 0.5) is 13.2 Å². The average molecular weight is 514 g/mol. The van der Waals surface area contributed by atoms with E-state index in [-0.39, 0.29) is 30.5 Å². The van der Waals surface area contributed by atoms with Crippen molar-refractivity contribution in [2.45, 2.75) is 32.2 Å². The summed E-state index contributed by atoms with van der Waals surface area (Å²) in [6.07, 6.45) is -4.56. The van der Waals surface area contributed by atoms with Crippen LogP contribution in [0.3, 0.4) is 0 Å². The molecule has 1 atom stereocenters. The number of nitrogens with zero attached hydrogens (tertiary/aromatic N) is 2. The number of nitrogens with one attached hydrogen (secondary N) is 2. The molecule has 0 saturated heterocycles. The van der Waals surface area contributed by atoms with Crippen molar-refractivity contribution < 1.29 is 18.3 Å². The van der Waals surface area contributed by atoms with Gasteiger partial charge in [-0.05, 0) is 18.9 Å². The summed E-state index contributed by atoms with van der Waals surface area (Å²) in [4.78, 5) is 7.79. The number of halogens is 4. The van der Waals surface area contributed by atoms with Gasteiger partial charge in [-0.1, -0.05) is 30.3 Å². The van der Waals surface area contributed by atoms with Gasteiger partial charge in [0, 0.05) is 18.5 Å². The quantitative estimate of drug-likeness (QED) is 0.298. The molecule has 1 heterocycles. The van der Waals surface area contributed by atoms with E-state index in [2.05, 4.69) is 20.6 Å². The van der Waals surface area contributed by atoms with E-state index in [4.69, 9.17) is 0 Å². The summed E-state index contributed by atoms with van der Waals surface area (Å²) in [5.41, 5.74) is -0.0599. The number of hydrogen-bond donors (Lipinski definition) is 3. The Morgan fingerprint density at radius 3 is 2.56 bits per heavy atom. The van der Waals surface area contributed by atoms with Gasteiger partial charge in [0.1, 0.15) is 5.01 Å². The van der Waals surface area contributed by atoms with E-state index >= 15 is 0 Å². The van der Waals surface area contributed by atoms with E-state index in [1.165, 1.54) is 0 Å². The molecule has 10 heteroatoms. The molecule has 2 rings (SSSR count). The van der Waals surface area contributed by atoms with Gasteiger partial charge in [-0.2, -0.15) is 13.2 Å². The summed E-state index contributed by atoms with van der Waals surface area (Å²) < 4.78 is 37.7. The van der Waals surface area contributed by atoms with Crippen molar-refractivity contribution in [3.63, 3.8) is 0 Å². The first-order chi connectivity index (χ1) is 12.4. The molecule has 1 unspecified atom stereocenters. The number of hydrogen-bond acceptors (Lipinski definition) is 4. The first kappa shape index (κ1) is 23.6. The first-order valence-corrected chi connectivity index (χ1v) is 9.05. The maximum absolute atomic E-state index is 12.6. The van der Waals surface area contributed by atoms with Crippen LogP contribution in [0.15, 0.2) is 40.7 Å². The number of benzene rings is 1. The Labute approximate surface area is 177 Å². The summed E-state index contributed by atoms with van der Waals surface area (Å²) in [5.74, 6) is 0.469. The summed E-state index contributed by atoms with van der Waals surface area (Å²) in [7, 11) is 0. The number of rotatable bonds is 7. The fourth-order valence-electron chi connectivity index (χ4n) is 2.17. The van der Waals surface area contributed by atoms with Crippen LogP contribution in [-0.4, -0.2) is 29.1 Å². The second kappa shape index (κ2) is 11.4. The SMILES string of the molecule is CCNC(=NCc1nc(C(F)(F)F)cs1)NCCC(O)c1ccccc1.I. The summed E-state index contributed by atoms with van der Waals surface area (Å²) in [6, 6.07) is 9.31. The van der Waals surface area contributed by atoms with E-state index in [0.717, 1.165) is 22.3 Å². The molecule has 150 valence electrons. The maximum Gasteiger partial charge on any atom is 0.434 e. The molecule has 27 heavy (non-hydrogen) atoms. The molecule has 0 fully saturated rings. The Morgan fingerprint density at radius 2 is 1.96 bits per heavy atom. The molecule has 0 aliphatic heterocycles. The van der Waals surface area contributed by atoms with Gasteiger partial charge < -0.3 is 15.7 Å². The zero-order chi connectivity index (χ0) is 19.0. The Balaban J connectivity index is 0.00000364. The van der Waals surface area contributed by atoms with Crippen molar-refractivity contribution in [1.82, 2.24) is 15.6 Å². The molecule has 1 aromatic carbocycles. The predicted octanol–water partition coefficient (Wildman–Crippen LogP) is 3.96. The lowest BCUT2D eigenvalue weighted by Gasteiger charge is -2.14. The van der Waals surface area contributed by atoms with Crippen LogP contribution >= 0.6 is 35.3 Å². The molecule has 0 bridgehead atoms. The van der Waals surface area contributed by atoms with Gasteiger partial charge >= 0.3 is 6.18 Å². The Morgan fingerprint density at radius 1 is 1.26 bits per heavy atom. The van der Waals surface area contributed by atoms with Crippen LogP contribution in [0, 0.1) is 0 Å². The van der Waals surface area contributed by atoms with E-state index in [0.29, 0.717) is 30.5 Å². The van der Waals surface area contributed by atoms with Crippen molar-refractivity contribution in [2.75, 3.05) is 13.1 Å². The molecular weight excluding hydrogens is 492 g/mol. The Bertz CT molecular complexity index is 710. The molecule has 0 aliphatic carbocycles. The smallest absolute Gasteiger partial charge is 0.388 e. The lowest BCUT2D eigenvalue weighted by Crippen LogP contribution is -2.38. The van der Waals surface area contributed by atoms with Gasteiger partial charge in [-0.25, -0.2) is 9.98 Å². The van der Waals surface area contributed by atoms with Gasteiger partial charge in [0.25, 0.3) is 0 Å². The molecule has 0 saturated carbocycles. The molecular formula is C17H22F3IN4OS. The van der Waals surface area contributed by atoms with Crippen LogP contribution < -0.4 is 10.6 Å². The van der Waals surface area contributed by atoms with Gasteiger partial charge in [-0.15, -0.1) is 35.3 Å². The molecule has 3 N–H and O–H groups in total. The van der Waals surface area contributed by atoms with Gasteiger partial charge in [0.15, 0.2) is 11.7 Å². The zero-order valence-corrected chi connectivity index (χ0v) is 17.8. The fraction of sp³-hybridized carbons (Fsp3) is 0.412. The number of alkyl halides is 3. The third-order valence-corrected chi connectivity index (χ3v) is 4.29. The summed E-state index contributed by atoms with van der Waals surface area (Å²) in [5, 5.41) is 17.5. The molecule has 0 radical (unpaired) electrons.